The fourth-order valence-corrected chi connectivity index (χ4v) is 1.63. The van der Waals surface area contributed by atoms with E-state index in [0.29, 0.717) is 5.15 Å². The van der Waals surface area contributed by atoms with Crippen molar-refractivity contribution in [1.82, 2.24) is 9.97 Å². The van der Waals surface area contributed by atoms with Crippen LogP contribution in [0, 0.1) is 0 Å². The lowest BCUT2D eigenvalue weighted by atomic mass is 10.4. The van der Waals surface area contributed by atoms with Gasteiger partial charge in [0.15, 0.2) is 0 Å². The summed E-state index contributed by atoms with van der Waals surface area (Å²) in [4.78, 5) is 16.7. The molecule has 12 heavy (non-hydrogen) atoms. The lowest BCUT2D eigenvalue weighted by Crippen LogP contribution is -2.10. The van der Waals surface area contributed by atoms with Crippen LogP contribution in [0.1, 0.15) is 12.5 Å². The van der Waals surface area contributed by atoms with Gasteiger partial charge in [-0.2, -0.15) is 11.8 Å². The largest absolute Gasteiger partial charge is 0.346 e. The standard InChI is InChI=1S/C7H9ClN2OS/c1-2-12-4-5-3-9-7(11)10-6(5)8/h3H,2,4H2,1H3,(H,9,10,11). The first-order chi connectivity index (χ1) is 5.74. The zero-order chi connectivity index (χ0) is 8.97. The van der Waals surface area contributed by atoms with Crippen molar-refractivity contribution < 1.29 is 0 Å². The highest BCUT2D eigenvalue weighted by Crippen LogP contribution is 2.16. The molecule has 0 atom stereocenters. The van der Waals surface area contributed by atoms with E-state index in [4.69, 9.17) is 11.6 Å². The van der Waals surface area contributed by atoms with E-state index in [1.165, 1.54) is 6.20 Å². The Morgan fingerprint density at radius 1 is 1.75 bits per heavy atom. The number of nitrogens with one attached hydrogen (secondary N) is 1. The van der Waals surface area contributed by atoms with E-state index in [1.54, 1.807) is 11.8 Å². The van der Waals surface area contributed by atoms with E-state index in [2.05, 4.69) is 16.9 Å². The maximum Gasteiger partial charge on any atom is 0.346 e. The summed E-state index contributed by atoms with van der Waals surface area (Å²) in [5.41, 5.74) is 0.480. The Bertz CT molecular complexity index is 313. The van der Waals surface area contributed by atoms with Gasteiger partial charge in [0.25, 0.3) is 0 Å². The highest BCUT2D eigenvalue weighted by atomic mass is 35.5. The van der Waals surface area contributed by atoms with E-state index in [9.17, 15) is 4.79 Å². The minimum Gasteiger partial charge on any atom is -0.296 e. The molecule has 5 heteroatoms. The maximum atomic E-state index is 10.7. The molecule has 1 rings (SSSR count). The van der Waals surface area contributed by atoms with E-state index in [1.807, 2.05) is 0 Å². The first-order valence-electron chi connectivity index (χ1n) is 3.55. The Kier molecular flexibility index (Phi) is 3.62. The molecule has 0 fully saturated rings. The molecule has 1 aromatic heterocycles. The molecular formula is C7H9ClN2OS. The predicted octanol–water partition coefficient (Wildman–Crippen LogP) is 1.68. The molecular weight excluding hydrogens is 196 g/mol. The molecule has 1 N–H and O–H groups in total. The topological polar surface area (TPSA) is 45.8 Å². The van der Waals surface area contributed by atoms with Crippen LogP contribution >= 0.6 is 23.4 Å². The molecule has 1 heterocycles. The molecule has 0 aliphatic heterocycles. The van der Waals surface area contributed by atoms with Crippen LogP contribution in [0.2, 0.25) is 5.15 Å². The first-order valence-corrected chi connectivity index (χ1v) is 5.08. The third kappa shape index (κ3) is 2.53. The molecule has 0 saturated heterocycles. The van der Waals surface area contributed by atoms with Crippen molar-refractivity contribution in [1.29, 1.82) is 0 Å². The van der Waals surface area contributed by atoms with Gasteiger partial charge in [-0.25, -0.2) is 9.78 Å². The smallest absolute Gasteiger partial charge is 0.296 e. The molecule has 0 radical (unpaired) electrons. The Hall–Kier alpha value is -0.480. The van der Waals surface area contributed by atoms with Crippen LogP contribution in [0.3, 0.4) is 0 Å². The van der Waals surface area contributed by atoms with Gasteiger partial charge in [0.1, 0.15) is 5.15 Å². The van der Waals surface area contributed by atoms with Crippen LogP contribution < -0.4 is 5.69 Å². The Morgan fingerprint density at radius 3 is 3.08 bits per heavy atom. The summed E-state index contributed by atoms with van der Waals surface area (Å²) in [7, 11) is 0. The molecule has 0 spiro atoms. The average molecular weight is 205 g/mol. The Balaban J connectivity index is 2.79. The third-order valence-corrected chi connectivity index (χ3v) is 2.56. The third-order valence-electron chi connectivity index (χ3n) is 1.30. The number of nitrogens with zero attached hydrogens (tertiary/aromatic N) is 1. The minimum atomic E-state index is -0.398. The van der Waals surface area contributed by atoms with Crippen molar-refractivity contribution in [3.63, 3.8) is 0 Å². The van der Waals surface area contributed by atoms with Crippen LogP contribution in [0.15, 0.2) is 11.0 Å². The van der Waals surface area contributed by atoms with Gasteiger partial charge in [-0.3, -0.25) is 4.98 Å². The molecule has 0 amide bonds. The number of hydrogen-bond donors (Lipinski definition) is 1. The fourth-order valence-electron chi connectivity index (χ4n) is 0.712. The van der Waals surface area contributed by atoms with Crippen molar-refractivity contribution in [3.8, 4) is 0 Å². The number of aromatic amines is 1. The van der Waals surface area contributed by atoms with Gasteiger partial charge in [0.05, 0.1) is 0 Å². The first kappa shape index (κ1) is 9.61. The van der Waals surface area contributed by atoms with Crippen LogP contribution in [0.5, 0.6) is 0 Å². The predicted molar refractivity (Wildman–Crippen MR) is 51.7 cm³/mol. The van der Waals surface area contributed by atoms with Gasteiger partial charge in [-0.05, 0) is 5.75 Å². The van der Waals surface area contributed by atoms with Gasteiger partial charge in [0.2, 0.25) is 0 Å². The molecule has 0 aromatic carbocycles. The van der Waals surface area contributed by atoms with E-state index < -0.39 is 5.69 Å². The van der Waals surface area contributed by atoms with Crippen molar-refractivity contribution in [2.45, 2.75) is 12.7 Å². The van der Waals surface area contributed by atoms with Gasteiger partial charge in [0, 0.05) is 17.5 Å². The summed E-state index contributed by atoms with van der Waals surface area (Å²) in [5.74, 6) is 1.81. The highest BCUT2D eigenvalue weighted by Gasteiger charge is 2.00. The lowest BCUT2D eigenvalue weighted by molar-refractivity contribution is 1.04. The van der Waals surface area contributed by atoms with Crippen LogP contribution in [0.4, 0.5) is 0 Å². The Labute approximate surface area is 79.6 Å². The number of thioether (sulfide) groups is 1. The molecule has 3 nitrogen and oxygen atoms in total. The van der Waals surface area contributed by atoms with Gasteiger partial charge >= 0.3 is 5.69 Å². The van der Waals surface area contributed by atoms with Gasteiger partial charge in [-0.1, -0.05) is 18.5 Å². The van der Waals surface area contributed by atoms with Crippen molar-refractivity contribution in [3.05, 3.63) is 27.4 Å². The quantitative estimate of drug-likeness (QED) is 0.762. The highest BCUT2D eigenvalue weighted by molar-refractivity contribution is 7.98. The molecule has 0 unspecified atom stereocenters. The summed E-state index contributed by atoms with van der Waals surface area (Å²) in [6.45, 7) is 2.07. The van der Waals surface area contributed by atoms with Crippen LogP contribution in [0.25, 0.3) is 0 Å². The summed E-state index contributed by atoms with van der Waals surface area (Å²) >= 11 is 7.49. The maximum absolute atomic E-state index is 10.7. The lowest BCUT2D eigenvalue weighted by Gasteiger charge is -1.99. The number of H-pyrrole nitrogens is 1. The van der Waals surface area contributed by atoms with Crippen LogP contribution in [-0.4, -0.2) is 15.7 Å². The molecule has 1 aromatic rings. The zero-order valence-electron chi connectivity index (χ0n) is 6.63. The summed E-state index contributed by atoms with van der Waals surface area (Å²) in [6, 6.07) is 0. The molecule has 0 saturated carbocycles. The van der Waals surface area contributed by atoms with E-state index in [0.717, 1.165) is 17.1 Å². The SMILES string of the molecule is CCSCc1cnc(=O)[nH]c1Cl. The zero-order valence-corrected chi connectivity index (χ0v) is 8.21. The summed E-state index contributed by atoms with van der Waals surface area (Å²) in [5, 5.41) is 0.399. The fraction of sp³-hybridized carbons (Fsp3) is 0.429. The Morgan fingerprint density at radius 2 is 2.50 bits per heavy atom. The number of aromatic nitrogens is 2. The molecule has 0 aliphatic carbocycles. The van der Waals surface area contributed by atoms with E-state index in [-0.39, 0.29) is 0 Å². The second-order valence-electron chi connectivity index (χ2n) is 2.16. The van der Waals surface area contributed by atoms with Crippen molar-refractivity contribution >= 4 is 23.4 Å². The van der Waals surface area contributed by atoms with E-state index >= 15 is 0 Å². The minimum absolute atomic E-state index is 0.398. The molecule has 0 aliphatic rings. The van der Waals surface area contributed by atoms with Crippen molar-refractivity contribution in [2.75, 3.05) is 5.75 Å². The normalized spacial score (nSPS) is 10.2. The van der Waals surface area contributed by atoms with Crippen molar-refractivity contribution in [2.24, 2.45) is 0 Å². The summed E-state index contributed by atoms with van der Waals surface area (Å²) in [6.07, 6.45) is 1.52. The second-order valence-corrected chi connectivity index (χ2v) is 3.82. The number of halogens is 1. The monoisotopic (exact) mass is 204 g/mol. The summed E-state index contributed by atoms with van der Waals surface area (Å²) < 4.78 is 0. The molecule has 0 bridgehead atoms. The second kappa shape index (κ2) is 4.52. The van der Waals surface area contributed by atoms with Crippen LogP contribution in [-0.2, 0) is 5.75 Å². The number of rotatable bonds is 3. The van der Waals surface area contributed by atoms with Gasteiger partial charge in [-0.15, -0.1) is 0 Å². The number of hydrogen-bond acceptors (Lipinski definition) is 3. The van der Waals surface area contributed by atoms with Gasteiger partial charge < -0.3 is 0 Å². The molecule has 66 valence electrons. The average Bonchev–Trinajstić information content (AvgIpc) is 2.03.